The summed E-state index contributed by atoms with van der Waals surface area (Å²) in [5.74, 6) is 11.1. The molecule has 108 valence electrons. The van der Waals surface area contributed by atoms with Crippen molar-refractivity contribution in [3.05, 3.63) is 0 Å². The number of hydrogen-bond acceptors (Lipinski definition) is 0. The van der Waals surface area contributed by atoms with E-state index in [2.05, 4.69) is 24.6 Å². The van der Waals surface area contributed by atoms with Crippen LogP contribution in [0, 0.1) is 23.7 Å². The number of hydrogen-bond donors (Lipinski definition) is 0. The summed E-state index contributed by atoms with van der Waals surface area (Å²) >= 11 is -1.62. The Balaban J connectivity index is 1.53. The van der Waals surface area contributed by atoms with Crippen molar-refractivity contribution in [2.75, 3.05) is 0 Å². The van der Waals surface area contributed by atoms with Crippen LogP contribution in [0.15, 0.2) is 0 Å². The molecule has 6 saturated carbocycles. The van der Waals surface area contributed by atoms with Crippen LogP contribution >= 0.6 is 0 Å². The van der Waals surface area contributed by atoms with Crippen LogP contribution in [0.5, 0.6) is 0 Å². The first-order chi connectivity index (χ1) is 9.44. The molecule has 0 radical (unpaired) electrons. The van der Waals surface area contributed by atoms with Gasteiger partial charge in [-0.25, -0.2) is 0 Å². The molecule has 7 aliphatic rings. The van der Waals surface area contributed by atoms with Gasteiger partial charge in [0.1, 0.15) is 0 Å². The molecule has 0 amide bonds. The average molecular weight is 345 g/mol. The zero-order valence-electron chi connectivity index (χ0n) is 13.6. The van der Waals surface area contributed by atoms with Crippen molar-refractivity contribution in [1.82, 2.24) is 0 Å². The molecule has 0 N–H and O–H groups in total. The van der Waals surface area contributed by atoms with Gasteiger partial charge in [0.15, 0.2) is 0 Å². The molecule has 0 aromatic carbocycles. The van der Waals surface area contributed by atoms with Crippen molar-refractivity contribution in [3.63, 3.8) is 0 Å². The monoisotopic (exact) mass is 346 g/mol. The Morgan fingerprint density at radius 1 is 0.750 bits per heavy atom. The molecule has 7 rings (SSSR count). The molecule has 1 heterocycles. The van der Waals surface area contributed by atoms with Gasteiger partial charge in [0.2, 0.25) is 0 Å². The minimum absolute atomic E-state index is 1.00. The molecule has 0 aromatic rings. The van der Waals surface area contributed by atoms with Crippen molar-refractivity contribution < 1.29 is 0 Å². The normalized spacial score (nSPS) is 77.4. The molecule has 0 aromatic heterocycles. The van der Waals surface area contributed by atoms with Crippen molar-refractivity contribution in [3.8, 4) is 0 Å². The molecule has 4 atom stereocenters. The fourth-order valence-electron chi connectivity index (χ4n) is 12.3. The standard InChI is InChI=1S/C18H28GeSi/c1-19(2)15-11-7-5-8-12(15)17(11,15)20(3,4)18-13-9-6-10-14(18)16(13,18)19/h11-14H,5-10H2,1-4H3. The predicted molar refractivity (Wildman–Crippen MR) is 87.4 cm³/mol. The summed E-state index contributed by atoms with van der Waals surface area (Å²) in [6.45, 7) is 5.84. The Hall–Kier alpha value is 0.760. The first-order valence-electron chi connectivity index (χ1n) is 9.44. The summed E-state index contributed by atoms with van der Waals surface area (Å²) in [6, 6.07) is 0. The zero-order chi connectivity index (χ0) is 13.6. The van der Waals surface area contributed by atoms with E-state index in [1.807, 2.05) is 0 Å². The molecule has 4 unspecified atom stereocenters. The zero-order valence-corrected chi connectivity index (χ0v) is 16.7. The number of rotatable bonds is 0. The molecular formula is C18H28GeSi. The maximum absolute atomic E-state index is 2.96. The van der Waals surface area contributed by atoms with E-state index in [-0.39, 0.29) is 0 Å². The summed E-state index contributed by atoms with van der Waals surface area (Å²) < 4.78 is 2.18. The molecule has 0 bridgehead atoms. The second-order valence-electron chi connectivity index (χ2n) is 10.8. The first kappa shape index (κ1) is 11.3. The van der Waals surface area contributed by atoms with Crippen LogP contribution in [0.2, 0.25) is 43.2 Å². The van der Waals surface area contributed by atoms with Gasteiger partial charge in [-0.2, -0.15) is 0 Å². The van der Waals surface area contributed by atoms with Crippen LogP contribution in [-0.2, 0) is 0 Å². The SMILES string of the molecule is C[Si]1(C)C23C4CCCC2[C]43[Ge]([CH3])([CH3])[C]23C4CCCC2C431. The van der Waals surface area contributed by atoms with E-state index in [1.165, 1.54) is 23.7 Å². The van der Waals surface area contributed by atoms with Gasteiger partial charge in [0, 0.05) is 0 Å². The van der Waals surface area contributed by atoms with Gasteiger partial charge in [-0.15, -0.1) is 0 Å². The molecule has 1 aliphatic heterocycles. The maximum atomic E-state index is 2.96. The average Bonchev–Trinajstić information content (AvgIpc) is 3.32. The second-order valence-corrected chi connectivity index (χ2v) is 26.0. The summed E-state index contributed by atoms with van der Waals surface area (Å²) in [6.07, 6.45) is 9.89. The Kier molecular flexibility index (Phi) is 1.31. The molecule has 0 nitrogen and oxygen atoms in total. The molecule has 7 fully saturated rings. The third-order valence-corrected chi connectivity index (χ3v) is 32.3. The fourth-order valence-corrected chi connectivity index (χ4v) is 45.9. The van der Waals surface area contributed by atoms with Crippen LogP contribution in [0.4, 0.5) is 0 Å². The van der Waals surface area contributed by atoms with Crippen LogP contribution < -0.4 is 0 Å². The van der Waals surface area contributed by atoms with E-state index in [0.717, 1.165) is 18.6 Å². The molecule has 2 spiro atoms. The third kappa shape index (κ3) is 0.519. The Bertz CT molecular complexity index is 499. The first-order valence-corrected chi connectivity index (χ1v) is 18.7. The summed E-state index contributed by atoms with van der Waals surface area (Å²) in [7, 11) is -1.00. The van der Waals surface area contributed by atoms with Gasteiger partial charge in [0.25, 0.3) is 0 Å². The van der Waals surface area contributed by atoms with Gasteiger partial charge in [0.05, 0.1) is 0 Å². The Labute approximate surface area is 126 Å². The van der Waals surface area contributed by atoms with Crippen molar-refractivity contribution in [2.24, 2.45) is 23.7 Å². The van der Waals surface area contributed by atoms with Crippen molar-refractivity contribution in [2.45, 2.75) is 81.7 Å². The van der Waals surface area contributed by atoms with E-state index < -0.39 is 21.3 Å². The molecule has 6 aliphatic carbocycles. The summed E-state index contributed by atoms with van der Waals surface area (Å²) in [5.41, 5.74) is 0. The topological polar surface area (TPSA) is 0 Å². The van der Waals surface area contributed by atoms with E-state index >= 15 is 0 Å². The molecule has 1 saturated heterocycles. The second kappa shape index (κ2) is 2.32. The molecule has 20 heavy (non-hydrogen) atoms. The minimum atomic E-state index is -1.62. The van der Waals surface area contributed by atoms with Gasteiger partial charge >= 0.3 is 127 Å². The fraction of sp³-hybridized carbons (Fsp3) is 1.00. The quantitative estimate of drug-likeness (QED) is 0.525. The van der Waals surface area contributed by atoms with Crippen LogP contribution in [0.1, 0.15) is 38.5 Å². The van der Waals surface area contributed by atoms with Crippen molar-refractivity contribution in [1.29, 1.82) is 0 Å². The van der Waals surface area contributed by atoms with Gasteiger partial charge in [-0.1, -0.05) is 0 Å². The van der Waals surface area contributed by atoms with Crippen molar-refractivity contribution >= 4 is 21.3 Å². The van der Waals surface area contributed by atoms with E-state index in [4.69, 9.17) is 0 Å². The van der Waals surface area contributed by atoms with E-state index in [1.54, 1.807) is 38.5 Å². The molecular weight excluding hydrogens is 317 g/mol. The van der Waals surface area contributed by atoms with E-state index in [0.29, 0.717) is 0 Å². The predicted octanol–water partition coefficient (Wildman–Crippen LogP) is 5.27. The Morgan fingerprint density at radius 2 is 1.10 bits per heavy atom. The molecule has 2 heteroatoms. The van der Waals surface area contributed by atoms with Crippen LogP contribution in [0.25, 0.3) is 0 Å². The van der Waals surface area contributed by atoms with Crippen LogP contribution in [0.3, 0.4) is 0 Å². The van der Waals surface area contributed by atoms with Gasteiger partial charge < -0.3 is 0 Å². The van der Waals surface area contributed by atoms with Crippen LogP contribution in [-0.4, -0.2) is 21.3 Å². The third-order valence-electron chi connectivity index (χ3n) is 11.5. The summed E-state index contributed by atoms with van der Waals surface area (Å²) in [4.78, 5) is 0. The Morgan fingerprint density at radius 3 is 1.45 bits per heavy atom. The summed E-state index contributed by atoms with van der Waals surface area (Å²) in [5, 5.41) is 2.12. The van der Waals surface area contributed by atoms with E-state index in [9.17, 15) is 0 Å². The van der Waals surface area contributed by atoms with Gasteiger partial charge in [-0.05, 0) is 0 Å². The van der Waals surface area contributed by atoms with Gasteiger partial charge in [-0.3, -0.25) is 0 Å².